The highest BCUT2D eigenvalue weighted by Crippen LogP contribution is 2.36. The van der Waals surface area contributed by atoms with E-state index in [1.54, 1.807) is 29.5 Å². The standard InChI is InChI=1S/C19H17BrN2O3S/c1-25-13-9-10(8-12(20)17(13)23)6-7-15-21-18(24)16-11-4-2-3-5-14(11)26-19(16)22-15/h6-9,23H,2-5H2,1H3,(H,21,22,24). The van der Waals surface area contributed by atoms with Crippen LogP contribution in [0.2, 0.25) is 0 Å². The minimum atomic E-state index is -0.0708. The lowest BCUT2D eigenvalue weighted by molar-refractivity contribution is 0.372. The molecule has 0 radical (unpaired) electrons. The van der Waals surface area contributed by atoms with Crippen LogP contribution in [0.25, 0.3) is 22.4 Å². The van der Waals surface area contributed by atoms with Crippen molar-refractivity contribution < 1.29 is 9.84 Å². The molecule has 1 aliphatic rings. The van der Waals surface area contributed by atoms with Crippen LogP contribution in [0.15, 0.2) is 21.4 Å². The lowest BCUT2D eigenvalue weighted by atomic mass is 9.97. The fourth-order valence-electron chi connectivity index (χ4n) is 3.28. The Balaban J connectivity index is 1.73. The molecule has 3 aromatic rings. The van der Waals surface area contributed by atoms with Crippen LogP contribution in [0.4, 0.5) is 0 Å². The van der Waals surface area contributed by atoms with Crippen molar-refractivity contribution in [2.75, 3.05) is 7.11 Å². The molecule has 0 saturated heterocycles. The molecular formula is C19H17BrN2O3S. The second kappa shape index (κ2) is 6.89. The van der Waals surface area contributed by atoms with Crippen LogP contribution >= 0.6 is 27.3 Å². The average molecular weight is 433 g/mol. The molecule has 4 rings (SSSR count). The quantitative estimate of drug-likeness (QED) is 0.638. The first-order valence-electron chi connectivity index (χ1n) is 8.36. The van der Waals surface area contributed by atoms with Crippen LogP contribution in [-0.4, -0.2) is 22.2 Å². The third-order valence-corrected chi connectivity index (χ3v) is 6.34. The van der Waals surface area contributed by atoms with Gasteiger partial charge in [-0.25, -0.2) is 4.98 Å². The first kappa shape index (κ1) is 17.3. The third kappa shape index (κ3) is 3.05. The van der Waals surface area contributed by atoms with Gasteiger partial charge in [0.1, 0.15) is 10.7 Å². The Bertz CT molecular complexity index is 1080. The number of rotatable bonds is 3. The number of aromatic hydroxyl groups is 1. The second-order valence-electron chi connectivity index (χ2n) is 6.23. The highest BCUT2D eigenvalue weighted by molar-refractivity contribution is 9.10. The Morgan fingerprint density at radius 3 is 2.92 bits per heavy atom. The third-order valence-electron chi connectivity index (χ3n) is 4.55. The lowest BCUT2D eigenvalue weighted by Crippen LogP contribution is -2.11. The molecule has 0 spiro atoms. The summed E-state index contributed by atoms with van der Waals surface area (Å²) in [5.41, 5.74) is 1.94. The average Bonchev–Trinajstić information content (AvgIpc) is 3.01. The number of halogens is 1. The molecule has 7 heteroatoms. The molecular weight excluding hydrogens is 416 g/mol. The Morgan fingerprint density at radius 2 is 2.12 bits per heavy atom. The molecule has 0 amide bonds. The Labute approximate surface area is 162 Å². The van der Waals surface area contributed by atoms with Crippen LogP contribution in [0.5, 0.6) is 11.5 Å². The van der Waals surface area contributed by atoms with Crippen molar-refractivity contribution in [3.05, 3.63) is 48.8 Å². The maximum absolute atomic E-state index is 12.6. The molecule has 0 saturated carbocycles. The van der Waals surface area contributed by atoms with Crippen molar-refractivity contribution in [2.45, 2.75) is 25.7 Å². The number of phenolic OH excluding ortho intramolecular Hbond substituents is 1. The summed E-state index contributed by atoms with van der Waals surface area (Å²) in [7, 11) is 1.50. The van der Waals surface area contributed by atoms with Crippen molar-refractivity contribution in [2.24, 2.45) is 0 Å². The maximum atomic E-state index is 12.6. The van der Waals surface area contributed by atoms with E-state index in [-0.39, 0.29) is 11.3 Å². The largest absolute Gasteiger partial charge is 0.503 e. The fraction of sp³-hybridized carbons (Fsp3) is 0.263. The Morgan fingerprint density at radius 1 is 1.31 bits per heavy atom. The number of aromatic nitrogens is 2. The number of nitrogens with one attached hydrogen (secondary N) is 1. The summed E-state index contributed by atoms with van der Waals surface area (Å²) in [6.45, 7) is 0. The summed E-state index contributed by atoms with van der Waals surface area (Å²) in [6.07, 6.45) is 7.92. The summed E-state index contributed by atoms with van der Waals surface area (Å²) in [5, 5.41) is 10.6. The smallest absolute Gasteiger partial charge is 0.260 e. The monoisotopic (exact) mass is 432 g/mol. The van der Waals surface area contributed by atoms with E-state index in [1.807, 2.05) is 6.08 Å². The van der Waals surface area contributed by atoms with E-state index in [2.05, 4.69) is 25.9 Å². The lowest BCUT2D eigenvalue weighted by Gasteiger charge is -2.09. The van der Waals surface area contributed by atoms with Crippen molar-refractivity contribution in [1.82, 2.24) is 9.97 Å². The molecule has 1 aromatic carbocycles. The molecule has 2 aromatic heterocycles. The zero-order valence-corrected chi connectivity index (χ0v) is 16.5. The molecule has 5 nitrogen and oxygen atoms in total. The molecule has 26 heavy (non-hydrogen) atoms. The predicted octanol–water partition coefficient (Wildman–Crippen LogP) is 4.51. The molecule has 0 bridgehead atoms. The minimum Gasteiger partial charge on any atom is -0.503 e. The number of aromatic amines is 1. The highest BCUT2D eigenvalue weighted by Gasteiger charge is 2.19. The zero-order chi connectivity index (χ0) is 18.3. The molecule has 0 atom stereocenters. The minimum absolute atomic E-state index is 0.0572. The van der Waals surface area contributed by atoms with Gasteiger partial charge in [0.25, 0.3) is 5.56 Å². The number of ether oxygens (including phenoxy) is 1. The molecule has 2 N–H and O–H groups in total. The van der Waals surface area contributed by atoms with Gasteiger partial charge in [0.2, 0.25) is 0 Å². The van der Waals surface area contributed by atoms with Crippen LogP contribution in [0.3, 0.4) is 0 Å². The number of H-pyrrole nitrogens is 1. The number of thiophene rings is 1. The van der Waals surface area contributed by atoms with Crippen LogP contribution in [0.1, 0.15) is 34.7 Å². The number of fused-ring (bicyclic) bond motifs is 3. The van der Waals surface area contributed by atoms with E-state index in [4.69, 9.17) is 4.74 Å². The molecule has 134 valence electrons. The molecule has 2 heterocycles. The number of benzene rings is 1. The molecule has 0 fully saturated rings. The van der Waals surface area contributed by atoms with E-state index in [1.165, 1.54) is 24.0 Å². The van der Waals surface area contributed by atoms with E-state index >= 15 is 0 Å². The van der Waals surface area contributed by atoms with E-state index in [0.717, 1.165) is 35.0 Å². The van der Waals surface area contributed by atoms with Crippen LogP contribution in [-0.2, 0) is 12.8 Å². The predicted molar refractivity (Wildman–Crippen MR) is 108 cm³/mol. The van der Waals surface area contributed by atoms with E-state index in [0.29, 0.717) is 16.0 Å². The SMILES string of the molecule is COc1cc(C=Cc2nc3sc4c(c3c(=O)[nH]2)CCCC4)cc(Br)c1O. The number of nitrogens with zero attached hydrogens (tertiary/aromatic N) is 1. The van der Waals surface area contributed by atoms with Gasteiger partial charge in [-0.2, -0.15) is 0 Å². The zero-order valence-electron chi connectivity index (χ0n) is 14.1. The van der Waals surface area contributed by atoms with Crippen molar-refractivity contribution in [3.8, 4) is 11.5 Å². The number of hydrogen-bond acceptors (Lipinski definition) is 5. The van der Waals surface area contributed by atoms with Gasteiger partial charge in [-0.05, 0) is 70.9 Å². The first-order valence-corrected chi connectivity index (χ1v) is 9.97. The van der Waals surface area contributed by atoms with Gasteiger partial charge in [0.15, 0.2) is 11.5 Å². The molecule has 1 aliphatic carbocycles. The number of phenols is 1. The van der Waals surface area contributed by atoms with Crippen LogP contribution in [0, 0.1) is 0 Å². The maximum Gasteiger partial charge on any atom is 0.260 e. The second-order valence-corrected chi connectivity index (χ2v) is 8.17. The topological polar surface area (TPSA) is 75.2 Å². The van der Waals surface area contributed by atoms with E-state index in [9.17, 15) is 9.90 Å². The highest BCUT2D eigenvalue weighted by atomic mass is 79.9. The number of aryl methyl sites for hydroxylation is 2. The normalized spacial score (nSPS) is 14.1. The Kier molecular flexibility index (Phi) is 4.58. The van der Waals surface area contributed by atoms with Crippen molar-refractivity contribution >= 4 is 49.6 Å². The fourth-order valence-corrected chi connectivity index (χ4v) is 5.01. The van der Waals surface area contributed by atoms with Gasteiger partial charge < -0.3 is 14.8 Å². The van der Waals surface area contributed by atoms with Gasteiger partial charge in [-0.15, -0.1) is 11.3 Å². The van der Waals surface area contributed by atoms with Crippen LogP contribution < -0.4 is 10.3 Å². The summed E-state index contributed by atoms with van der Waals surface area (Å²) in [4.78, 5) is 22.2. The summed E-state index contributed by atoms with van der Waals surface area (Å²) < 4.78 is 5.70. The van der Waals surface area contributed by atoms with Crippen molar-refractivity contribution in [3.63, 3.8) is 0 Å². The van der Waals surface area contributed by atoms with Gasteiger partial charge >= 0.3 is 0 Å². The Hall–Kier alpha value is -2.12. The van der Waals surface area contributed by atoms with Gasteiger partial charge in [0.05, 0.1) is 17.0 Å². The summed E-state index contributed by atoms with van der Waals surface area (Å²) in [6, 6.07) is 3.49. The summed E-state index contributed by atoms with van der Waals surface area (Å²) in [5.74, 6) is 0.952. The van der Waals surface area contributed by atoms with Crippen molar-refractivity contribution in [1.29, 1.82) is 0 Å². The van der Waals surface area contributed by atoms with Gasteiger partial charge in [-0.3, -0.25) is 4.79 Å². The number of methoxy groups -OCH3 is 1. The van der Waals surface area contributed by atoms with Gasteiger partial charge in [-0.1, -0.05) is 6.08 Å². The number of hydrogen-bond donors (Lipinski definition) is 2. The summed E-state index contributed by atoms with van der Waals surface area (Å²) >= 11 is 4.94. The first-order chi connectivity index (χ1) is 12.6. The molecule has 0 aliphatic heterocycles. The van der Waals surface area contributed by atoms with E-state index < -0.39 is 0 Å². The molecule has 0 unspecified atom stereocenters. The van der Waals surface area contributed by atoms with Gasteiger partial charge in [0, 0.05) is 4.88 Å².